The maximum absolute atomic E-state index is 12.7. The van der Waals surface area contributed by atoms with Crippen LogP contribution in [-0.4, -0.2) is 42.9 Å². The first-order valence-electron chi connectivity index (χ1n) is 7.58. The van der Waals surface area contributed by atoms with Crippen LogP contribution in [0.5, 0.6) is 0 Å². The lowest BCUT2D eigenvalue weighted by molar-refractivity contribution is 0.0709. The average Bonchev–Trinajstić information content (AvgIpc) is 3.26. The molecule has 2 N–H and O–H groups in total. The predicted molar refractivity (Wildman–Crippen MR) is 89.0 cm³/mol. The standard InChI is InChI=1S/C16H19N3O3S/c1-17-11-4-7-19(8-5-11)16(21)12-6-10-23-15(12)18-14(20)13-3-2-9-22-13/h2-3,6,9-11,17H,4-5,7-8H2,1H3,(H,18,20). The summed E-state index contributed by atoms with van der Waals surface area (Å²) in [6.45, 7) is 1.46. The van der Waals surface area contributed by atoms with Crippen molar-refractivity contribution in [3.63, 3.8) is 0 Å². The Hall–Kier alpha value is -2.12. The molecule has 1 fully saturated rings. The van der Waals surface area contributed by atoms with Gasteiger partial charge in [-0.15, -0.1) is 11.3 Å². The van der Waals surface area contributed by atoms with E-state index in [-0.39, 0.29) is 17.6 Å². The Morgan fingerprint density at radius 3 is 2.74 bits per heavy atom. The van der Waals surface area contributed by atoms with Crippen LogP contribution in [0.3, 0.4) is 0 Å². The molecule has 0 aromatic carbocycles. The molecule has 23 heavy (non-hydrogen) atoms. The number of nitrogens with zero attached hydrogens (tertiary/aromatic N) is 1. The topological polar surface area (TPSA) is 74.6 Å². The van der Waals surface area contributed by atoms with Crippen molar-refractivity contribution in [1.82, 2.24) is 10.2 Å². The van der Waals surface area contributed by atoms with Gasteiger partial charge in [0.2, 0.25) is 0 Å². The molecule has 122 valence electrons. The van der Waals surface area contributed by atoms with Crippen molar-refractivity contribution >= 4 is 28.2 Å². The van der Waals surface area contributed by atoms with Gasteiger partial charge in [-0.1, -0.05) is 0 Å². The van der Waals surface area contributed by atoms with E-state index in [9.17, 15) is 9.59 Å². The van der Waals surface area contributed by atoms with Crippen molar-refractivity contribution in [1.29, 1.82) is 0 Å². The van der Waals surface area contributed by atoms with Crippen LogP contribution in [-0.2, 0) is 0 Å². The van der Waals surface area contributed by atoms with Crippen LogP contribution in [0.15, 0.2) is 34.3 Å². The van der Waals surface area contributed by atoms with E-state index in [0.29, 0.717) is 16.6 Å². The molecule has 3 heterocycles. The van der Waals surface area contributed by atoms with Crippen molar-refractivity contribution in [3.8, 4) is 0 Å². The fourth-order valence-electron chi connectivity index (χ4n) is 2.69. The lowest BCUT2D eigenvalue weighted by Gasteiger charge is -2.31. The normalized spacial score (nSPS) is 15.6. The number of carbonyl (C=O) groups is 2. The van der Waals surface area contributed by atoms with Crippen LogP contribution in [0.1, 0.15) is 33.8 Å². The van der Waals surface area contributed by atoms with E-state index in [4.69, 9.17) is 4.42 Å². The monoisotopic (exact) mass is 333 g/mol. The maximum atomic E-state index is 12.7. The van der Waals surface area contributed by atoms with Crippen LogP contribution in [0.4, 0.5) is 5.00 Å². The number of hydrogen-bond donors (Lipinski definition) is 2. The Balaban J connectivity index is 1.68. The predicted octanol–water partition coefficient (Wildman–Crippen LogP) is 2.42. The van der Waals surface area contributed by atoms with Crippen LogP contribution >= 0.6 is 11.3 Å². The van der Waals surface area contributed by atoms with Crippen molar-refractivity contribution in [3.05, 3.63) is 41.2 Å². The summed E-state index contributed by atoms with van der Waals surface area (Å²) in [5.74, 6) is -0.150. The van der Waals surface area contributed by atoms with Gasteiger partial charge in [-0.2, -0.15) is 0 Å². The minimum absolute atomic E-state index is 0.0319. The molecule has 0 spiro atoms. The summed E-state index contributed by atoms with van der Waals surface area (Å²) in [7, 11) is 1.95. The van der Waals surface area contributed by atoms with Gasteiger partial charge in [0.15, 0.2) is 5.76 Å². The molecule has 1 aliphatic rings. The molecule has 1 aliphatic heterocycles. The zero-order valence-electron chi connectivity index (χ0n) is 12.9. The van der Waals surface area contributed by atoms with E-state index < -0.39 is 0 Å². The molecule has 0 aliphatic carbocycles. The molecule has 2 aromatic heterocycles. The Morgan fingerprint density at radius 2 is 2.09 bits per heavy atom. The summed E-state index contributed by atoms with van der Waals surface area (Å²) < 4.78 is 5.08. The largest absolute Gasteiger partial charge is 0.459 e. The van der Waals surface area contributed by atoms with Gasteiger partial charge < -0.3 is 20.0 Å². The lowest BCUT2D eigenvalue weighted by Crippen LogP contribution is -2.44. The van der Waals surface area contributed by atoms with Crippen molar-refractivity contribution in [2.75, 3.05) is 25.5 Å². The highest BCUT2D eigenvalue weighted by Crippen LogP contribution is 2.26. The molecule has 2 amide bonds. The molecular formula is C16H19N3O3S. The molecule has 0 bridgehead atoms. The van der Waals surface area contributed by atoms with Gasteiger partial charge in [-0.25, -0.2) is 0 Å². The Labute approximate surface area is 138 Å². The number of anilines is 1. The third-order valence-electron chi connectivity index (χ3n) is 4.06. The number of thiophene rings is 1. The van der Waals surface area contributed by atoms with E-state index in [1.165, 1.54) is 17.6 Å². The average molecular weight is 333 g/mol. The van der Waals surface area contributed by atoms with Gasteiger partial charge in [0.1, 0.15) is 5.00 Å². The second kappa shape index (κ2) is 6.97. The summed E-state index contributed by atoms with van der Waals surface area (Å²) in [6, 6.07) is 5.48. The molecular weight excluding hydrogens is 314 g/mol. The van der Waals surface area contributed by atoms with Crippen LogP contribution in [0.25, 0.3) is 0 Å². The summed E-state index contributed by atoms with van der Waals surface area (Å²) in [5.41, 5.74) is 0.540. The number of nitrogens with one attached hydrogen (secondary N) is 2. The molecule has 6 nitrogen and oxygen atoms in total. The van der Waals surface area contributed by atoms with Gasteiger partial charge in [-0.3, -0.25) is 9.59 Å². The molecule has 7 heteroatoms. The van der Waals surface area contributed by atoms with Crippen molar-refractivity contribution in [2.45, 2.75) is 18.9 Å². The number of furan rings is 1. The molecule has 0 radical (unpaired) electrons. The highest BCUT2D eigenvalue weighted by atomic mass is 32.1. The second-order valence-electron chi connectivity index (χ2n) is 5.45. The van der Waals surface area contributed by atoms with Gasteiger partial charge in [0.05, 0.1) is 11.8 Å². The number of piperidine rings is 1. The Kier molecular flexibility index (Phi) is 4.78. The van der Waals surface area contributed by atoms with E-state index in [1.807, 2.05) is 17.3 Å². The molecule has 0 atom stereocenters. The molecule has 0 unspecified atom stereocenters. The first-order chi connectivity index (χ1) is 11.2. The summed E-state index contributed by atoms with van der Waals surface area (Å²) in [6.07, 6.45) is 3.34. The quantitative estimate of drug-likeness (QED) is 0.901. The minimum atomic E-state index is -0.347. The fraction of sp³-hybridized carbons (Fsp3) is 0.375. The maximum Gasteiger partial charge on any atom is 0.291 e. The molecule has 1 saturated heterocycles. The summed E-state index contributed by atoms with van der Waals surface area (Å²) in [4.78, 5) is 26.6. The van der Waals surface area contributed by atoms with Crippen LogP contribution in [0, 0.1) is 0 Å². The van der Waals surface area contributed by atoms with E-state index in [0.717, 1.165) is 25.9 Å². The van der Waals surface area contributed by atoms with Crippen LogP contribution < -0.4 is 10.6 Å². The van der Waals surface area contributed by atoms with E-state index in [2.05, 4.69) is 10.6 Å². The first kappa shape index (κ1) is 15.8. The first-order valence-corrected chi connectivity index (χ1v) is 8.46. The second-order valence-corrected chi connectivity index (χ2v) is 6.37. The van der Waals surface area contributed by atoms with Crippen LogP contribution in [0.2, 0.25) is 0 Å². The molecule has 0 saturated carbocycles. The van der Waals surface area contributed by atoms with Gasteiger partial charge in [0, 0.05) is 19.1 Å². The minimum Gasteiger partial charge on any atom is -0.459 e. The number of hydrogen-bond acceptors (Lipinski definition) is 5. The Morgan fingerprint density at radius 1 is 1.30 bits per heavy atom. The zero-order valence-corrected chi connectivity index (χ0v) is 13.7. The van der Waals surface area contributed by atoms with E-state index in [1.54, 1.807) is 18.2 Å². The van der Waals surface area contributed by atoms with Crippen molar-refractivity contribution in [2.24, 2.45) is 0 Å². The number of rotatable bonds is 4. The van der Waals surface area contributed by atoms with E-state index >= 15 is 0 Å². The summed E-state index contributed by atoms with van der Waals surface area (Å²) >= 11 is 1.34. The highest BCUT2D eigenvalue weighted by molar-refractivity contribution is 7.14. The smallest absolute Gasteiger partial charge is 0.291 e. The lowest BCUT2D eigenvalue weighted by atomic mass is 10.0. The number of likely N-dealkylation sites (tertiary alicyclic amines) is 1. The summed E-state index contributed by atoms with van der Waals surface area (Å²) in [5, 5.41) is 8.38. The number of carbonyl (C=O) groups excluding carboxylic acids is 2. The van der Waals surface area contributed by atoms with Crippen molar-refractivity contribution < 1.29 is 14.0 Å². The van der Waals surface area contributed by atoms with Gasteiger partial charge in [-0.05, 0) is 43.5 Å². The fourth-order valence-corrected chi connectivity index (χ4v) is 3.46. The Bertz CT molecular complexity index is 673. The molecule has 3 rings (SSSR count). The van der Waals surface area contributed by atoms with Gasteiger partial charge in [0.25, 0.3) is 11.8 Å². The SMILES string of the molecule is CNC1CCN(C(=O)c2ccsc2NC(=O)c2ccco2)CC1. The van der Waals surface area contributed by atoms with Gasteiger partial charge >= 0.3 is 0 Å². The number of amides is 2. The molecule has 2 aromatic rings. The third-order valence-corrected chi connectivity index (χ3v) is 4.89. The third kappa shape index (κ3) is 3.46. The zero-order chi connectivity index (χ0) is 16.2. The highest BCUT2D eigenvalue weighted by Gasteiger charge is 2.25.